The molecule has 0 saturated carbocycles. The van der Waals surface area contributed by atoms with E-state index in [1.807, 2.05) is 24.3 Å². The zero-order valence-electron chi connectivity index (χ0n) is 13.5. The van der Waals surface area contributed by atoms with Crippen molar-refractivity contribution in [1.82, 2.24) is 0 Å². The predicted octanol–water partition coefficient (Wildman–Crippen LogP) is 4.76. The number of carbonyl (C=O) groups is 1. The first-order valence-corrected chi connectivity index (χ1v) is 9.24. The number of hydrogen-bond donors (Lipinski definition) is 0. The Labute approximate surface area is 144 Å². The second-order valence-corrected chi connectivity index (χ2v) is 7.29. The Morgan fingerprint density at radius 2 is 1.62 bits per heavy atom. The van der Waals surface area contributed by atoms with Gasteiger partial charge in [-0.2, -0.15) is 0 Å². The molecular weight excluding hydrogens is 320 g/mol. The van der Waals surface area contributed by atoms with Crippen molar-refractivity contribution in [1.29, 1.82) is 0 Å². The standard InChI is InChI=1S/C20H19O3S/c1-22-20(21)23-15-24(18-11-3-2-4-12-18)14-17-10-7-9-16-8-5-6-13-19(16)17/h2-13H,14-15H2,1H3/q+1. The minimum absolute atomic E-state index is 0.240. The first-order valence-electron chi connectivity index (χ1n) is 7.68. The van der Waals surface area contributed by atoms with E-state index >= 15 is 0 Å². The Kier molecular flexibility index (Phi) is 5.39. The van der Waals surface area contributed by atoms with Gasteiger partial charge in [-0.1, -0.05) is 60.7 Å². The summed E-state index contributed by atoms with van der Waals surface area (Å²) in [6.45, 7) is 0. The summed E-state index contributed by atoms with van der Waals surface area (Å²) in [5, 5.41) is 2.46. The topological polar surface area (TPSA) is 35.5 Å². The molecule has 0 saturated heterocycles. The molecule has 1 unspecified atom stereocenters. The van der Waals surface area contributed by atoms with E-state index in [2.05, 4.69) is 53.3 Å². The molecule has 0 aromatic heterocycles. The van der Waals surface area contributed by atoms with Gasteiger partial charge in [-0.25, -0.2) is 4.79 Å². The number of hydrogen-bond acceptors (Lipinski definition) is 3. The first kappa shape index (κ1) is 16.4. The fraction of sp³-hybridized carbons (Fsp3) is 0.150. The van der Waals surface area contributed by atoms with E-state index in [4.69, 9.17) is 4.74 Å². The minimum atomic E-state index is -0.638. The molecule has 0 spiro atoms. The molecule has 3 aromatic carbocycles. The van der Waals surface area contributed by atoms with Crippen LogP contribution in [0, 0.1) is 0 Å². The van der Waals surface area contributed by atoms with E-state index < -0.39 is 6.16 Å². The second kappa shape index (κ2) is 7.88. The lowest BCUT2D eigenvalue weighted by atomic mass is 10.1. The number of fused-ring (bicyclic) bond motifs is 1. The van der Waals surface area contributed by atoms with Crippen molar-refractivity contribution >= 4 is 27.8 Å². The van der Waals surface area contributed by atoms with Crippen molar-refractivity contribution < 1.29 is 14.3 Å². The van der Waals surface area contributed by atoms with E-state index in [1.54, 1.807) is 0 Å². The highest BCUT2D eigenvalue weighted by atomic mass is 32.2. The van der Waals surface area contributed by atoms with Crippen LogP contribution in [-0.2, 0) is 26.1 Å². The van der Waals surface area contributed by atoms with Crippen LogP contribution in [0.5, 0.6) is 0 Å². The van der Waals surface area contributed by atoms with Crippen molar-refractivity contribution in [3.8, 4) is 0 Å². The average molecular weight is 339 g/mol. The summed E-state index contributed by atoms with van der Waals surface area (Å²) in [4.78, 5) is 12.5. The molecule has 0 radical (unpaired) electrons. The predicted molar refractivity (Wildman–Crippen MR) is 98.1 cm³/mol. The average Bonchev–Trinajstić information content (AvgIpc) is 2.65. The summed E-state index contributed by atoms with van der Waals surface area (Å²) in [6.07, 6.45) is -0.638. The minimum Gasteiger partial charge on any atom is -0.438 e. The molecule has 0 aliphatic rings. The summed E-state index contributed by atoms with van der Waals surface area (Å²) in [5.41, 5.74) is 1.26. The van der Waals surface area contributed by atoms with Gasteiger partial charge in [0.2, 0.25) is 0 Å². The molecule has 0 N–H and O–H groups in total. The number of methoxy groups -OCH3 is 1. The fourth-order valence-electron chi connectivity index (χ4n) is 2.59. The maximum Gasteiger partial charge on any atom is 0.511 e. The van der Waals surface area contributed by atoms with E-state index in [0.717, 1.165) is 5.75 Å². The molecule has 0 heterocycles. The Morgan fingerprint density at radius 1 is 0.917 bits per heavy atom. The molecule has 122 valence electrons. The number of benzene rings is 3. The zero-order valence-corrected chi connectivity index (χ0v) is 14.3. The molecule has 0 amide bonds. The van der Waals surface area contributed by atoms with Crippen molar-refractivity contribution in [2.24, 2.45) is 0 Å². The molecule has 3 nitrogen and oxygen atoms in total. The van der Waals surface area contributed by atoms with Gasteiger partial charge in [0.25, 0.3) is 5.94 Å². The molecule has 0 fully saturated rings. The lowest BCUT2D eigenvalue weighted by molar-refractivity contribution is 0.0874. The third-order valence-electron chi connectivity index (χ3n) is 3.77. The molecule has 24 heavy (non-hydrogen) atoms. The van der Waals surface area contributed by atoms with Crippen LogP contribution in [0.2, 0.25) is 0 Å². The van der Waals surface area contributed by atoms with Crippen LogP contribution < -0.4 is 0 Å². The van der Waals surface area contributed by atoms with Gasteiger partial charge < -0.3 is 9.47 Å². The van der Waals surface area contributed by atoms with E-state index in [9.17, 15) is 4.79 Å². The highest BCUT2D eigenvalue weighted by molar-refractivity contribution is 7.96. The Hall–Kier alpha value is -2.46. The van der Waals surface area contributed by atoms with Crippen LogP contribution in [-0.4, -0.2) is 19.2 Å². The molecule has 0 bridgehead atoms. The molecule has 3 aromatic rings. The Morgan fingerprint density at radius 3 is 2.42 bits per heavy atom. The van der Waals surface area contributed by atoms with Gasteiger partial charge in [0.05, 0.1) is 18.0 Å². The molecule has 3 rings (SSSR count). The second-order valence-electron chi connectivity index (χ2n) is 5.30. The van der Waals surface area contributed by atoms with Crippen LogP contribution in [0.4, 0.5) is 4.79 Å². The summed E-state index contributed by atoms with van der Waals surface area (Å²) >= 11 is 0. The van der Waals surface area contributed by atoms with E-state index in [1.165, 1.54) is 28.3 Å². The third kappa shape index (κ3) is 3.89. The van der Waals surface area contributed by atoms with Crippen LogP contribution in [0.15, 0.2) is 77.7 Å². The number of ether oxygens (including phenoxy) is 2. The Bertz CT molecular complexity index is 812. The van der Waals surface area contributed by atoms with Crippen LogP contribution in [0.25, 0.3) is 10.8 Å². The van der Waals surface area contributed by atoms with Crippen molar-refractivity contribution in [3.63, 3.8) is 0 Å². The number of carbonyl (C=O) groups excluding carboxylic acids is 1. The van der Waals surface area contributed by atoms with Crippen LogP contribution in [0.3, 0.4) is 0 Å². The van der Waals surface area contributed by atoms with Crippen LogP contribution in [0.1, 0.15) is 5.56 Å². The van der Waals surface area contributed by atoms with Gasteiger partial charge in [0.15, 0.2) is 4.90 Å². The van der Waals surface area contributed by atoms with Crippen molar-refractivity contribution in [2.75, 3.05) is 13.0 Å². The molecular formula is C20H19O3S+. The highest BCUT2D eigenvalue weighted by Gasteiger charge is 2.25. The molecule has 1 atom stereocenters. The quantitative estimate of drug-likeness (QED) is 0.497. The Balaban J connectivity index is 1.89. The fourth-order valence-corrected chi connectivity index (χ4v) is 4.38. The molecule has 4 heteroatoms. The normalized spacial score (nSPS) is 11.9. The first-order chi connectivity index (χ1) is 11.8. The summed E-state index contributed by atoms with van der Waals surface area (Å²) in [7, 11) is 1.09. The van der Waals surface area contributed by atoms with Crippen molar-refractivity contribution in [3.05, 3.63) is 78.4 Å². The maximum atomic E-state index is 11.4. The van der Waals surface area contributed by atoms with E-state index in [-0.39, 0.29) is 10.9 Å². The summed E-state index contributed by atoms with van der Waals surface area (Å²) in [6, 6.07) is 24.9. The lowest BCUT2D eigenvalue weighted by Crippen LogP contribution is -2.17. The monoisotopic (exact) mass is 339 g/mol. The van der Waals surface area contributed by atoms with Gasteiger partial charge in [0, 0.05) is 5.56 Å². The lowest BCUT2D eigenvalue weighted by Gasteiger charge is -2.10. The van der Waals surface area contributed by atoms with Crippen molar-refractivity contribution in [2.45, 2.75) is 10.6 Å². The van der Waals surface area contributed by atoms with Gasteiger partial charge in [-0.05, 0) is 22.9 Å². The van der Waals surface area contributed by atoms with Gasteiger partial charge >= 0.3 is 6.16 Å². The smallest absolute Gasteiger partial charge is 0.438 e. The molecule has 0 aliphatic heterocycles. The number of rotatable bonds is 5. The van der Waals surface area contributed by atoms with E-state index in [0.29, 0.717) is 5.94 Å². The van der Waals surface area contributed by atoms with Gasteiger partial charge in [-0.15, -0.1) is 0 Å². The van der Waals surface area contributed by atoms with Gasteiger partial charge in [0.1, 0.15) is 5.75 Å². The molecule has 0 aliphatic carbocycles. The maximum absolute atomic E-state index is 11.4. The SMILES string of the molecule is COC(=O)OC[S+](Cc1cccc2ccccc12)c1ccccc1. The largest absolute Gasteiger partial charge is 0.511 e. The summed E-state index contributed by atoms with van der Waals surface area (Å²) in [5.74, 6) is 1.14. The van der Waals surface area contributed by atoms with Gasteiger partial charge in [-0.3, -0.25) is 0 Å². The highest BCUT2D eigenvalue weighted by Crippen LogP contribution is 2.25. The van der Waals surface area contributed by atoms with Crippen LogP contribution >= 0.6 is 0 Å². The summed E-state index contributed by atoms with van der Waals surface area (Å²) < 4.78 is 9.84. The zero-order chi connectivity index (χ0) is 16.8. The third-order valence-corrected chi connectivity index (χ3v) is 5.77.